The molecule has 4 aliphatic heterocycles. The number of para-hydroxylation sites is 1. The Morgan fingerprint density at radius 3 is 2.41 bits per heavy atom. The first-order chi connectivity index (χ1) is 22.7. The van der Waals surface area contributed by atoms with Gasteiger partial charge in [-0.05, 0) is 65.6 Å². The Hall–Kier alpha value is -6.12. The summed E-state index contributed by atoms with van der Waals surface area (Å²) in [4.78, 5) is 6.95. The summed E-state index contributed by atoms with van der Waals surface area (Å²) in [7, 11) is 0. The molecule has 13 rings (SSSR count). The Morgan fingerprint density at radius 1 is 0.783 bits per heavy atom. The van der Waals surface area contributed by atoms with Crippen LogP contribution in [0.15, 0.2) is 116 Å². The predicted molar refractivity (Wildman–Crippen MR) is 170 cm³/mol. The summed E-state index contributed by atoms with van der Waals surface area (Å²) in [5, 5.41) is 7.66. The molecule has 8 heterocycles. The van der Waals surface area contributed by atoms with Crippen LogP contribution in [0, 0.1) is 6.92 Å². The second-order valence-corrected chi connectivity index (χ2v) is 13.0. The van der Waals surface area contributed by atoms with E-state index in [2.05, 4.69) is 134 Å². The van der Waals surface area contributed by atoms with E-state index in [-0.39, 0.29) is 4.81 Å². The highest BCUT2D eigenvalue weighted by molar-refractivity contribution is 6.12. The van der Waals surface area contributed by atoms with Crippen molar-refractivity contribution in [2.75, 3.05) is 0 Å². The number of hydrogen-bond acceptors (Lipinski definition) is 3. The van der Waals surface area contributed by atoms with Crippen LogP contribution >= 0.6 is 0 Å². The Labute approximate surface area is 261 Å². The van der Waals surface area contributed by atoms with Crippen LogP contribution in [0.25, 0.3) is 50.1 Å². The van der Waals surface area contributed by atoms with Crippen molar-refractivity contribution < 1.29 is 14.1 Å². The Bertz CT molecular complexity index is 2780. The molecule has 46 heavy (non-hydrogen) atoms. The SMILES string of the molecule is Cc1cc2n(n1)[N+]13c4c(ccc5c4-n4c6c(cccc6c6ccc[n+]1c64)C51c4ccccc4-c4ccccc41)Oc1cncc-2[n+]13. The molecule has 212 valence electrons. The van der Waals surface area contributed by atoms with Gasteiger partial charge in [0.15, 0.2) is 6.20 Å². The summed E-state index contributed by atoms with van der Waals surface area (Å²) < 4.78 is 13.9. The molecular weight excluding hydrogens is 570 g/mol. The van der Waals surface area contributed by atoms with Gasteiger partial charge in [0, 0.05) is 26.0 Å². The van der Waals surface area contributed by atoms with Crippen molar-refractivity contribution in [3.63, 3.8) is 0 Å². The van der Waals surface area contributed by atoms with E-state index < -0.39 is 5.41 Å². The molecule has 4 aromatic heterocycles. The normalized spacial score (nSPS) is 18.5. The molecule has 4 aromatic carbocycles. The zero-order chi connectivity index (χ0) is 29.7. The molecule has 1 atom stereocenters. The number of nitrogens with zero attached hydrogens (tertiary/aromatic N) is 7. The molecule has 8 heteroatoms. The van der Waals surface area contributed by atoms with Crippen LogP contribution in [0.4, 0.5) is 5.69 Å². The van der Waals surface area contributed by atoms with E-state index in [4.69, 9.17) is 9.84 Å². The number of hydrogen-bond donors (Lipinski definition) is 0. The average Bonchev–Trinajstić information content (AvgIpc) is 3.81. The molecule has 0 N–H and O–H groups in total. The van der Waals surface area contributed by atoms with Crippen molar-refractivity contribution in [2.24, 2.45) is 0 Å². The van der Waals surface area contributed by atoms with Gasteiger partial charge in [-0.15, -0.1) is 5.10 Å². The number of rotatable bonds is 0. The molecule has 1 aliphatic carbocycles. The maximum absolute atomic E-state index is 6.82. The van der Waals surface area contributed by atoms with E-state index in [0.717, 1.165) is 39.9 Å². The number of aromatic nitrogens is 6. The standard InChI is InChI=1S/C38H22N7O/c1-21-18-30-31-19-39-20-33-43(31)45(44(30)40-21)36-32(46-33)16-15-29-35(36)42-34-24(25-11-7-17-41(45)37(25)42)10-6-14-28(34)38(29)26-12-4-2-8-22(26)23-9-3-5-13-27(23)38/h2-20H,1H3/q+3. The third kappa shape index (κ3) is 1.94. The summed E-state index contributed by atoms with van der Waals surface area (Å²) >= 11 is 0. The molecule has 1 unspecified atom stereocenters. The van der Waals surface area contributed by atoms with E-state index in [9.17, 15) is 0 Å². The van der Waals surface area contributed by atoms with Crippen molar-refractivity contribution in [3.05, 3.63) is 144 Å². The van der Waals surface area contributed by atoms with Crippen LogP contribution in [0.5, 0.6) is 11.6 Å². The first-order valence-electron chi connectivity index (χ1n) is 15.7. The number of aryl methyl sites for hydroxylation is 1. The quantitative estimate of drug-likeness (QED) is 0.160. The van der Waals surface area contributed by atoms with Gasteiger partial charge in [0.05, 0.1) is 16.5 Å². The molecule has 0 bridgehead atoms. The maximum atomic E-state index is 6.82. The molecule has 2 spiro atoms. The van der Waals surface area contributed by atoms with Crippen molar-refractivity contribution in [1.29, 1.82) is 0 Å². The predicted octanol–water partition coefficient (Wildman–Crippen LogP) is 6.03. The van der Waals surface area contributed by atoms with Gasteiger partial charge in [-0.3, -0.25) is 0 Å². The zero-order valence-corrected chi connectivity index (χ0v) is 24.5. The fourth-order valence-electron chi connectivity index (χ4n) is 9.69. The van der Waals surface area contributed by atoms with Crippen molar-refractivity contribution in [3.8, 4) is 39.8 Å². The van der Waals surface area contributed by atoms with Crippen molar-refractivity contribution in [1.82, 2.24) is 24.3 Å². The molecule has 0 saturated carbocycles. The number of pyridine rings is 1. The molecule has 8 aromatic rings. The fraction of sp³-hybridized carbons (Fsp3) is 0.0526. The van der Waals surface area contributed by atoms with Gasteiger partial charge < -0.3 is 4.74 Å². The molecule has 8 nitrogen and oxygen atoms in total. The third-order valence-electron chi connectivity index (χ3n) is 11.1. The van der Waals surface area contributed by atoms with Crippen molar-refractivity contribution in [2.45, 2.75) is 12.3 Å². The van der Waals surface area contributed by atoms with E-state index in [1.807, 2.05) is 12.4 Å². The number of ether oxygens (including phenoxy) is 1. The summed E-state index contributed by atoms with van der Waals surface area (Å²) in [6.07, 6.45) is 5.94. The van der Waals surface area contributed by atoms with Gasteiger partial charge >= 0.3 is 22.9 Å². The van der Waals surface area contributed by atoms with E-state index in [1.54, 1.807) is 0 Å². The summed E-state index contributed by atoms with van der Waals surface area (Å²) in [5.41, 5.74) is 14.7. The highest BCUT2D eigenvalue weighted by Crippen LogP contribution is 2.64. The zero-order valence-electron chi connectivity index (χ0n) is 24.5. The Balaban J connectivity index is 1.36. The van der Waals surface area contributed by atoms with Gasteiger partial charge in [0.1, 0.15) is 22.6 Å². The number of quaternary nitrogens is 1. The first kappa shape index (κ1) is 22.4. The minimum absolute atomic E-state index is 0.164. The van der Waals surface area contributed by atoms with E-state index >= 15 is 0 Å². The summed E-state index contributed by atoms with van der Waals surface area (Å²) in [5.74, 6) is 1.47. The first-order valence-corrected chi connectivity index (χ1v) is 15.7. The highest BCUT2D eigenvalue weighted by atomic mass is 16.5. The van der Waals surface area contributed by atoms with Gasteiger partial charge in [-0.1, -0.05) is 60.7 Å². The van der Waals surface area contributed by atoms with Crippen LogP contribution in [0.3, 0.4) is 0 Å². The molecule has 0 fully saturated rings. The maximum Gasteiger partial charge on any atom is 0.456 e. The third-order valence-corrected chi connectivity index (χ3v) is 11.1. The lowest BCUT2D eigenvalue weighted by molar-refractivity contribution is -1.05. The van der Waals surface area contributed by atoms with E-state index in [1.165, 1.54) is 49.7 Å². The molecule has 0 radical (unpaired) electrons. The van der Waals surface area contributed by atoms with Crippen LogP contribution in [0.2, 0.25) is 0 Å². The number of benzene rings is 4. The van der Waals surface area contributed by atoms with Crippen LogP contribution < -0.4 is 18.9 Å². The lowest BCUT2D eigenvalue weighted by Crippen LogP contribution is -2.89. The van der Waals surface area contributed by atoms with Crippen LogP contribution in [-0.2, 0) is 5.41 Å². The molecule has 0 amide bonds. The minimum Gasteiger partial charge on any atom is -0.393 e. The Kier molecular flexibility index (Phi) is 3.29. The van der Waals surface area contributed by atoms with Crippen molar-refractivity contribution >= 4 is 27.6 Å². The van der Waals surface area contributed by atoms with Crippen LogP contribution in [0.1, 0.15) is 27.9 Å². The van der Waals surface area contributed by atoms with Crippen LogP contribution in [-0.4, -0.2) is 19.4 Å². The lowest BCUT2D eigenvalue weighted by Gasteiger charge is -2.39. The summed E-state index contributed by atoms with van der Waals surface area (Å²) in [6, 6.07) is 35.9. The molecule has 0 saturated heterocycles. The second-order valence-electron chi connectivity index (χ2n) is 13.0. The molecule has 5 aliphatic rings. The largest absolute Gasteiger partial charge is 0.456 e. The second kappa shape index (κ2) is 6.75. The van der Waals surface area contributed by atoms with E-state index in [0.29, 0.717) is 5.88 Å². The smallest absolute Gasteiger partial charge is 0.393 e. The van der Waals surface area contributed by atoms with Gasteiger partial charge in [0.2, 0.25) is 21.9 Å². The minimum atomic E-state index is -0.526. The highest BCUT2D eigenvalue weighted by Gasteiger charge is 2.73. The average molecular weight is 593 g/mol. The summed E-state index contributed by atoms with van der Waals surface area (Å²) in [6.45, 7) is 2.06. The van der Waals surface area contributed by atoms with Gasteiger partial charge in [-0.2, -0.15) is 4.57 Å². The topological polar surface area (TPSA) is 52.6 Å². The number of fused-ring (bicyclic) bond motifs is 10. The molecular formula is C38H22N7O+3. The Morgan fingerprint density at radius 2 is 1.57 bits per heavy atom. The van der Waals surface area contributed by atoms with Gasteiger partial charge in [-0.25, -0.2) is 4.98 Å². The lowest BCUT2D eigenvalue weighted by atomic mass is 9.65. The fourth-order valence-corrected chi connectivity index (χ4v) is 9.69. The van der Waals surface area contributed by atoms with Gasteiger partial charge in [0.25, 0.3) is 0 Å². The monoisotopic (exact) mass is 592 g/mol.